The second-order valence-electron chi connectivity index (χ2n) is 17.1. The number of aromatic nitrogens is 1. The predicted octanol–water partition coefficient (Wildman–Crippen LogP) is 5.12. The zero-order valence-electron chi connectivity index (χ0n) is 33.5. The average Bonchev–Trinajstić information content (AvgIpc) is 4.00. The molecule has 1 saturated heterocycles. The fourth-order valence-corrected chi connectivity index (χ4v) is 9.00. The van der Waals surface area contributed by atoms with Crippen LogP contribution in [0.1, 0.15) is 90.8 Å². The molecule has 0 spiro atoms. The van der Waals surface area contributed by atoms with Gasteiger partial charge in [-0.2, -0.15) is 4.98 Å². The maximum atomic E-state index is 14.8. The van der Waals surface area contributed by atoms with Gasteiger partial charge >= 0.3 is 6.09 Å². The highest BCUT2D eigenvalue weighted by Gasteiger charge is 2.63. The summed E-state index contributed by atoms with van der Waals surface area (Å²) in [5.41, 5.74) is -2.38. The number of ether oxygens (including phenoxy) is 4. The first-order valence-electron chi connectivity index (χ1n) is 19.3. The molecule has 2 saturated carbocycles. The quantitative estimate of drug-likeness (QED) is 0.301. The number of allylic oxidation sites excluding steroid dienone is 1. The Kier molecular flexibility index (Phi) is 11.3. The highest BCUT2D eigenvalue weighted by Crippen LogP contribution is 2.47. The van der Waals surface area contributed by atoms with Crippen LogP contribution in [0, 0.1) is 17.8 Å². The van der Waals surface area contributed by atoms with Crippen LogP contribution in [-0.4, -0.2) is 97.0 Å². The SMILES string of the molecule is COc1ccc2c(O[C@@H]3C[C@H]4C(=O)N[C@]5(C(=O)NS(=O)(=O)C6(C)CC6)C[C@H]5/C=C\CC[C@H](C)C[C@@H](C)[C@H](NC(=O)OC(C)(C)C)C(=O)N4C3)nc(OC)cc2c1.[HH].[HH].[HH]. The minimum atomic E-state index is -4.01. The van der Waals surface area contributed by atoms with E-state index in [9.17, 15) is 27.6 Å². The number of pyridine rings is 1. The van der Waals surface area contributed by atoms with E-state index in [1.54, 1.807) is 53.0 Å². The lowest BCUT2D eigenvalue weighted by Crippen LogP contribution is -2.59. The number of alkyl carbamates (subject to hydrolysis) is 1. The molecule has 3 fully saturated rings. The van der Waals surface area contributed by atoms with E-state index in [-0.39, 0.29) is 47.3 Å². The fourth-order valence-electron chi connectivity index (χ4n) is 7.69. The Bertz CT molecular complexity index is 2020. The molecule has 0 bridgehead atoms. The Labute approximate surface area is 333 Å². The Morgan fingerprint density at radius 2 is 1.80 bits per heavy atom. The van der Waals surface area contributed by atoms with Crippen LogP contribution in [0.15, 0.2) is 36.4 Å². The van der Waals surface area contributed by atoms with E-state index in [0.29, 0.717) is 36.8 Å². The maximum Gasteiger partial charge on any atom is 0.408 e. The van der Waals surface area contributed by atoms with E-state index in [1.165, 1.54) is 12.0 Å². The highest BCUT2D eigenvalue weighted by molar-refractivity contribution is 7.91. The van der Waals surface area contributed by atoms with E-state index in [1.807, 2.05) is 25.1 Å². The van der Waals surface area contributed by atoms with Crippen molar-refractivity contribution in [3.05, 3.63) is 36.4 Å². The fraction of sp³-hybridized carbons (Fsp3) is 0.625. The lowest BCUT2D eigenvalue weighted by molar-refractivity contribution is -0.142. The van der Waals surface area contributed by atoms with Gasteiger partial charge in [0, 0.05) is 28.1 Å². The normalized spacial score (nSPS) is 29.7. The Hall–Kier alpha value is -4.60. The van der Waals surface area contributed by atoms with Gasteiger partial charge in [0.05, 0.1) is 25.5 Å². The molecule has 15 nitrogen and oxygen atoms in total. The third-order valence-electron chi connectivity index (χ3n) is 11.4. The van der Waals surface area contributed by atoms with Crippen LogP contribution < -0.4 is 29.6 Å². The number of benzene rings is 1. The summed E-state index contributed by atoms with van der Waals surface area (Å²) in [6.45, 7) is 10.7. The number of methoxy groups -OCH3 is 2. The number of hydrogen-bond donors (Lipinski definition) is 3. The summed E-state index contributed by atoms with van der Waals surface area (Å²) in [6, 6.07) is 4.89. The molecule has 16 heteroatoms. The first-order chi connectivity index (χ1) is 26.3. The molecule has 7 atom stereocenters. The number of hydrogen-bond acceptors (Lipinski definition) is 11. The summed E-state index contributed by atoms with van der Waals surface area (Å²) in [5, 5.41) is 7.08. The molecule has 0 unspecified atom stereocenters. The van der Waals surface area contributed by atoms with Crippen molar-refractivity contribution in [3.8, 4) is 17.5 Å². The van der Waals surface area contributed by atoms with Gasteiger partial charge in [-0.05, 0) is 102 Å². The maximum absolute atomic E-state index is 14.8. The molecule has 2 aliphatic carbocycles. The molecule has 1 aromatic heterocycles. The Morgan fingerprint density at radius 1 is 1.07 bits per heavy atom. The van der Waals surface area contributed by atoms with Gasteiger partial charge in [0.15, 0.2) is 0 Å². The van der Waals surface area contributed by atoms with E-state index in [4.69, 9.17) is 18.9 Å². The van der Waals surface area contributed by atoms with E-state index in [2.05, 4.69) is 27.3 Å². The number of carbonyl (C=O) groups is 4. The van der Waals surface area contributed by atoms with Crippen LogP contribution in [0.2, 0.25) is 0 Å². The molecule has 56 heavy (non-hydrogen) atoms. The zero-order valence-corrected chi connectivity index (χ0v) is 34.3. The molecular formula is C40H61N5O10S. The average molecular weight is 804 g/mol. The van der Waals surface area contributed by atoms with Gasteiger partial charge in [-0.1, -0.05) is 26.0 Å². The van der Waals surface area contributed by atoms with Gasteiger partial charge in [0.25, 0.3) is 5.91 Å². The van der Waals surface area contributed by atoms with Crippen molar-refractivity contribution in [2.75, 3.05) is 20.8 Å². The highest BCUT2D eigenvalue weighted by atomic mass is 32.2. The first-order valence-corrected chi connectivity index (χ1v) is 20.8. The molecular weight excluding hydrogens is 743 g/mol. The van der Waals surface area contributed by atoms with Crippen molar-refractivity contribution in [1.29, 1.82) is 0 Å². The second kappa shape index (κ2) is 15.4. The monoisotopic (exact) mass is 803 g/mol. The third-order valence-corrected chi connectivity index (χ3v) is 13.5. The predicted molar refractivity (Wildman–Crippen MR) is 214 cm³/mol. The van der Waals surface area contributed by atoms with Crippen molar-refractivity contribution in [2.24, 2.45) is 17.8 Å². The first kappa shape index (κ1) is 41.0. The summed E-state index contributed by atoms with van der Waals surface area (Å²) in [7, 11) is -0.967. The smallest absolute Gasteiger partial charge is 0.408 e. The van der Waals surface area contributed by atoms with Gasteiger partial charge in [-0.3, -0.25) is 19.1 Å². The van der Waals surface area contributed by atoms with Gasteiger partial charge in [-0.15, -0.1) is 0 Å². The standard InChI is InChI=1S/C40H55N5O10S.3H2/c1-23-11-9-10-12-26-21-40(26,36(48)44-56(50,51)39(6)15-16-39)43-33(46)30-20-28(54-34-29-14-13-27(52-7)18-25(29)19-31(41-34)53-8)22-45(30)35(47)32(24(2)17-23)42-37(49)55-38(3,4)5;;;/h10,12-14,18-19,23-24,26,28,30,32H,9,11,15-17,20-22H2,1-8H3,(H,42,49)(H,43,46)(H,44,48);3*1H/b12-10-;;;/t23-,24+,26+,28+,30-,32-,40+;;;/m0.../s1. The summed E-state index contributed by atoms with van der Waals surface area (Å²) < 4.78 is 50.6. The number of sulfonamides is 1. The molecule has 3 N–H and O–H groups in total. The van der Waals surface area contributed by atoms with Crippen molar-refractivity contribution in [1.82, 2.24) is 25.2 Å². The molecule has 4 amide bonds. The van der Waals surface area contributed by atoms with Crippen LogP contribution >= 0.6 is 0 Å². The van der Waals surface area contributed by atoms with Crippen LogP contribution in [0.5, 0.6) is 17.5 Å². The molecule has 312 valence electrons. The van der Waals surface area contributed by atoms with Gasteiger partial charge < -0.3 is 34.5 Å². The molecule has 1 aromatic carbocycles. The minimum absolute atomic E-state index is 0. The largest absolute Gasteiger partial charge is 0.497 e. The molecule has 2 aliphatic heterocycles. The van der Waals surface area contributed by atoms with Crippen LogP contribution in [0.4, 0.5) is 4.79 Å². The van der Waals surface area contributed by atoms with Crippen molar-refractivity contribution in [3.63, 3.8) is 0 Å². The molecule has 4 aliphatic rings. The Balaban J connectivity index is 0.00000310. The molecule has 2 aromatic rings. The number of fused-ring (bicyclic) bond motifs is 3. The minimum Gasteiger partial charge on any atom is -0.497 e. The van der Waals surface area contributed by atoms with Gasteiger partial charge in [0.1, 0.15) is 35.1 Å². The summed E-state index contributed by atoms with van der Waals surface area (Å²) in [6.07, 6.45) is 5.35. The van der Waals surface area contributed by atoms with Crippen LogP contribution in [0.3, 0.4) is 0 Å². The van der Waals surface area contributed by atoms with Crippen LogP contribution in [-0.2, 0) is 29.1 Å². The summed E-state index contributed by atoms with van der Waals surface area (Å²) in [5.74, 6) is -1.54. The van der Waals surface area contributed by atoms with Crippen molar-refractivity contribution < 1.29 is 50.8 Å². The molecule has 3 heterocycles. The van der Waals surface area contributed by atoms with E-state index in [0.717, 1.165) is 11.8 Å². The summed E-state index contributed by atoms with van der Waals surface area (Å²) in [4.78, 5) is 62.5. The summed E-state index contributed by atoms with van der Waals surface area (Å²) >= 11 is 0. The third kappa shape index (κ3) is 8.69. The van der Waals surface area contributed by atoms with Gasteiger partial charge in [0.2, 0.25) is 33.6 Å². The van der Waals surface area contributed by atoms with Crippen molar-refractivity contribution in [2.45, 2.75) is 121 Å². The number of nitrogens with one attached hydrogen (secondary N) is 3. The zero-order chi connectivity index (χ0) is 40.8. The van der Waals surface area contributed by atoms with Crippen LogP contribution in [0.25, 0.3) is 10.8 Å². The molecule has 0 radical (unpaired) electrons. The Morgan fingerprint density at radius 3 is 2.46 bits per heavy atom. The van der Waals surface area contributed by atoms with E-state index < -0.39 is 73.8 Å². The van der Waals surface area contributed by atoms with E-state index >= 15 is 0 Å². The number of rotatable bonds is 8. The number of amides is 4. The van der Waals surface area contributed by atoms with Gasteiger partial charge in [-0.25, -0.2) is 13.2 Å². The number of nitrogens with zero attached hydrogens (tertiary/aromatic N) is 2. The number of carbonyl (C=O) groups excluding carboxylic acids is 4. The second-order valence-corrected chi connectivity index (χ2v) is 19.3. The molecule has 6 rings (SSSR count). The van der Waals surface area contributed by atoms with Crippen molar-refractivity contribution >= 4 is 44.6 Å². The lowest BCUT2D eigenvalue weighted by Gasteiger charge is -2.33. The topological polar surface area (TPSA) is 192 Å². The lowest BCUT2D eigenvalue weighted by atomic mass is 9.88.